The van der Waals surface area contributed by atoms with Crippen molar-refractivity contribution in [2.75, 3.05) is 6.54 Å². The van der Waals surface area contributed by atoms with E-state index < -0.39 is 10.0 Å². The Morgan fingerprint density at radius 1 is 1.32 bits per heavy atom. The second-order valence-electron chi connectivity index (χ2n) is 5.00. The number of aryl methyl sites for hydroxylation is 2. The summed E-state index contributed by atoms with van der Waals surface area (Å²) in [6.45, 7) is 4.15. The number of hydrogen-bond acceptors (Lipinski definition) is 3. The lowest BCUT2D eigenvalue weighted by atomic mass is 10.1. The molecule has 1 saturated carbocycles. The molecule has 0 saturated heterocycles. The van der Waals surface area contributed by atoms with E-state index in [9.17, 15) is 8.42 Å². The largest absolute Gasteiger partial charge is 0.243 e. The number of hydrogen-bond donors (Lipinski definition) is 0. The average Bonchev–Trinajstić information content (AvgIpc) is 3.17. The van der Waals surface area contributed by atoms with Gasteiger partial charge in [0.2, 0.25) is 10.0 Å². The van der Waals surface area contributed by atoms with Crippen LogP contribution >= 0.6 is 0 Å². The molecule has 1 aromatic carbocycles. The van der Waals surface area contributed by atoms with Crippen LogP contribution in [0.3, 0.4) is 0 Å². The Hall–Kier alpha value is -1.38. The van der Waals surface area contributed by atoms with E-state index >= 15 is 0 Å². The van der Waals surface area contributed by atoms with Crippen molar-refractivity contribution in [2.45, 2.75) is 44.0 Å². The van der Waals surface area contributed by atoms with E-state index in [1.165, 1.54) is 4.31 Å². The highest BCUT2D eigenvalue weighted by molar-refractivity contribution is 7.89. The fraction of sp³-hybridized carbons (Fsp3) is 0.500. The summed E-state index contributed by atoms with van der Waals surface area (Å²) < 4.78 is 26.7. The van der Waals surface area contributed by atoms with Gasteiger partial charge in [-0.3, -0.25) is 0 Å². The SMILES string of the molecule is Cc1ccc(S(=O)(=O)N(CCC#N)C2CC2)cc1C. The lowest BCUT2D eigenvalue weighted by Gasteiger charge is -2.21. The number of nitriles is 1. The first-order valence-corrected chi connectivity index (χ1v) is 7.87. The molecule has 0 radical (unpaired) electrons. The summed E-state index contributed by atoms with van der Waals surface area (Å²) in [4.78, 5) is 0.334. The zero-order valence-corrected chi connectivity index (χ0v) is 12.1. The van der Waals surface area contributed by atoms with Crippen molar-refractivity contribution in [1.82, 2.24) is 4.31 Å². The van der Waals surface area contributed by atoms with Gasteiger partial charge in [0.25, 0.3) is 0 Å². The smallest absolute Gasteiger partial charge is 0.207 e. The fourth-order valence-electron chi connectivity index (χ4n) is 2.03. The van der Waals surface area contributed by atoms with E-state index in [2.05, 4.69) is 0 Å². The number of benzene rings is 1. The molecule has 4 nitrogen and oxygen atoms in total. The van der Waals surface area contributed by atoms with Gasteiger partial charge in [0, 0.05) is 19.0 Å². The minimum absolute atomic E-state index is 0.0833. The second kappa shape index (κ2) is 5.32. The van der Waals surface area contributed by atoms with Crippen LogP contribution in [-0.4, -0.2) is 25.3 Å². The fourth-order valence-corrected chi connectivity index (χ4v) is 3.80. The Balaban J connectivity index is 2.33. The Labute approximate surface area is 114 Å². The van der Waals surface area contributed by atoms with Gasteiger partial charge in [0.15, 0.2) is 0 Å². The van der Waals surface area contributed by atoms with Crippen LogP contribution in [0, 0.1) is 25.2 Å². The van der Waals surface area contributed by atoms with Crippen LogP contribution in [0.1, 0.15) is 30.4 Å². The summed E-state index contributed by atoms with van der Waals surface area (Å²) in [6.07, 6.45) is 2.03. The molecule has 0 spiro atoms. The first-order valence-electron chi connectivity index (χ1n) is 6.43. The standard InChI is InChI=1S/C14H18N2O2S/c1-11-4-7-14(10-12(11)2)19(17,18)16(9-3-8-15)13-5-6-13/h4,7,10,13H,3,5-6,9H2,1-2H3. The maximum absolute atomic E-state index is 12.6. The normalized spacial score (nSPS) is 15.5. The Morgan fingerprint density at radius 3 is 2.53 bits per heavy atom. The monoisotopic (exact) mass is 278 g/mol. The van der Waals surface area contributed by atoms with Crippen LogP contribution in [0.5, 0.6) is 0 Å². The maximum atomic E-state index is 12.6. The van der Waals surface area contributed by atoms with E-state index in [0.29, 0.717) is 4.90 Å². The molecule has 2 rings (SSSR count). The van der Waals surface area contributed by atoms with Gasteiger partial charge in [-0.1, -0.05) is 6.07 Å². The highest BCUT2D eigenvalue weighted by Gasteiger charge is 2.37. The van der Waals surface area contributed by atoms with Crippen LogP contribution in [-0.2, 0) is 10.0 Å². The third-order valence-electron chi connectivity index (χ3n) is 3.48. The average molecular weight is 278 g/mol. The van der Waals surface area contributed by atoms with Crippen LogP contribution < -0.4 is 0 Å². The van der Waals surface area contributed by atoms with Gasteiger partial charge in [-0.05, 0) is 49.9 Å². The van der Waals surface area contributed by atoms with E-state index in [1.54, 1.807) is 12.1 Å². The first-order chi connectivity index (χ1) is 8.96. The first kappa shape index (κ1) is 14.0. The van der Waals surface area contributed by atoms with Gasteiger partial charge in [-0.15, -0.1) is 0 Å². The molecule has 0 N–H and O–H groups in total. The van der Waals surface area contributed by atoms with Crippen molar-refractivity contribution in [3.8, 4) is 6.07 Å². The summed E-state index contributed by atoms with van der Waals surface area (Å²) in [5.74, 6) is 0. The van der Waals surface area contributed by atoms with Crippen LogP contribution in [0.2, 0.25) is 0 Å². The Kier molecular flexibility index (Phi) is 3.93. The van der Waals surface area contributed by atoms with E-state index in [1.807, 2.05) is 26.0 Å². The summed E-state index contributed by atoms with van der Waals surface area (Å²) in [7, 11) is -3.47. The molecule has 19 heavy (non-hydrogen) atoms. The lowest BCUT2D eigenvalue weighted by Crippen LogP contribution is -2.34. The summed E-state index contributed by atoms with van der Waals surface area (Å²) in [5, 5.41) is 8.66. The lowest BCUT2D eigenvalue weighted by molar-refractivity contribution is 0.411. The highest BCUT2D eigenvalue weighted by Crippen LogP contribution is 2.32. The van der Waals surface area contributed by atoms with Gasteiger partial charge in [0.05, 0.1) is 11.0 Å². The maximum Gasteiger partial charge on any atom is 0.243 e. The Morgan fingerprint density at radius 2 is 2.00 bits per heavy atom. The van der Waals surface area contributed by atoms with Gasteiger partial charge < -0.3 is 0 Å². The van der Waals surface area contributed by atoms with E-state index in [-0.39, 0.29) is 19.0 Å². The van der Waals surface area contributed by atoms with Crippen molar-refractivity contribution in [3.63, 3.8) is 0 Å². The summed E-state index contributed by atoms with van der Waals surface area (Å²) in [5.41, 5.74) is 2.05. The van der Waals surface area contributed by atoms with Crippen molar-refractivity contribution in [3.05, 3.63) is 29.3 Å². The van der Waals surface area contributed by atoms with Crippen LogP contribution in [0.25, 0.3) is 0 Å². The van der Waals surface area contributed by atoms with Crippen molar-refractivity contribution in [1.29, 1.82) is 5.26 Å². The quantitative estimate of drug-likeness (QED) is 0.830. The molecule has 0 bridgehead atoms. The Bertz CT molecular complexity index is 613. The van der Waals surface area contributed by atoms with Gasteiger partial charge in [-0.25, -0.2) is 8.42 Å². The second-order valence-corrected chi connectivity index (χ2v) is 6.89. The highest BCUT2D eigenvalue weighted by atomic mass is 32.2. The molecule has 5 heteroatoms. The molecule has 0 unspecified atom stereocenters. The molecule has 1 aliphatic rings. The van der Waals surface area contributed by atoms with Gasteiger partial charge >= 0.3 is 0 Å². The summed E-state index contributed by atoms with van der Waals surface area (Å²) >= 11 is 0. The topological polar surface area (TPSA) is 61.2 Å². The molecule has 0 heterocycles. The van der Waals surface area contributed by atoms with E-state index in [0.717, 1.165) is 24.0 Å². The predicted octanol–water partition coefficient (Wildman–Crippen LogP) is 2.37. The molecule has 102 valence electrons. The number of rotatable bonds is 5. The molecule has 0 atom stereocenters. The van der Waals surface area contributed by atoms with Crippen LogP contribution in [0.15, 0.2) is 23.1 Å². The van der Waals surface area contributed by atoms with Crippen molar-refractivity contribution >= 4 is 10.0 Å². The molecule has 0 aromatic heterocycles. The van der Waals surface area contributed by atoms with Crippen LogP contribution in [0.4, 0.5) is 0 Å². The molecular formula is C14H18N2O2S. The van der Waals surface area contributed by atoms with Crippen molar-refractivity contribution < 1.29 is 8.42 Å². The molecule has 1 aromatic rings. The zero-order valence-electron chi connectivity index (χ0n) is 11.3. The summed E-state index contributed by atoms with van der Waals surface area (Å²) in [6, 6.07) is 7.30. The molecule has 0 aliphatic heterocycles. The minimum Gasteiger partial charge on any atom is -0.207 e. The molecular weight excluding hydrogens is 260 g/mol. The number of nitrogens with zero attached hydrogens (tertiary/aromatic N) is 2. The third-order valence-corrected chi connectivity index (χ3v) is 5.43. The zero-order chi connectivity index (χ0) is 14.0. The van der Waals surface area contributed by atoms with E-state index in [4.69, 9.17) is 5.26 Å². The predicted molar refractivity (Wildman–Crippen MR) is 73.1 cm³/mol. The van der Waals surface area contributed by atoms with Gasteiger partial charge in [-0.2, -0.15) is 9.57 Å². The van der Waals surface area contributed by atoms with Crippen molar-refractivity contribution in [2.24, 2.45) is 0 Å². The molecule has 1 aliphatic carbocycles. The third kappa shape index (κ3) is 2.96. The van der Waals surface area contributed by atoms with Gasteiger partial charge in [0.1, 0.15) is 0 Å². The minimum atomic E-state index is -3.47. The molecule has 0 amide bonds. The number of sulfonamides is 1. The molecule has 1 fully saturated rings.